The summed E-state index contributed by atoms with van der Waals surface area (Å²) < 4.78 is 18.7. The standard InChI is InChI=1S/C17H19FN6O2/c1-10-19-17(23-22-10)14-3-2-6-24(14)16(25)9-26-8-15-20-12-5-4-11(18)7-13(12)21-15/h4-5,7,14H,2-3,6,8-9H2,1H3,(H,20,21)(H,19,22,23)/t14-/m1/s1. The van der Waals surface area contributed by atoms with Gasteiger partial charge >= 0.3 is 0 Å². The summed E-state index contributed by atoms with van der Waals surface area (Å²) in [6, 6.07) is 4.23. The summed E-state index contributed by atoms with van der Waals surface area (Å²) in [5, 5.41) is 6.99. The van der Waals surface area contributed by atoms with Gasteiger partial charge in [-0.2, -0.15) is 5.10 Å². The van der Waals surface area contributed by atoms with Crippen molar-refractivity contribution in [3.63, 3.8) is 0 Å². The summed E-state index contributed by atoms with van der Waals surface area (Å²) in [6.07, 6.45) is 1.76. The molecule has 136 valence electrons. The Bertz CT molecular complexity index is 936. The van der Waals surface area contributed by atoms with Crippen LogP contribution in [0.15, 0.2) is 18.2 Å². The number of likely N-dealkylation sites (tertiary alicyclic amines) is 1. The first-order valence-corrected chi connectivity index (χ1v) is 8.50. The Morgan fingerprint density at radius 3 is 3.12 bits per heavy atom. The first-order chi connectivity index (χ1) is 12.6. The highest BCUT2D eigenvalue weighted by Gasteiger charge is 2.32. The second-order valence-electron chi connectivity index (χ2n) is 6.36. The van der Waals surface area contributed by atoms with E-state index in [0.717, 1.165) is 18.7 Å². The maximum absolute atomic E-state index is 13.2. The van der Waals surface area contributed by atoms with Crippen molar-refractivity contribution in [3.8, 4) is 0 Å². The minimum absolute atomic E-state index is 0.0503. The Balaban J connectivity index is 1.35. The van der Waals surface area contributed by atoms with Crippen molar-refractivity contribution in [1.29, 1.82) is 0 Å². The number of nitrogens with one attached hydrogen (secondary N) is 2. The third kappa shape index (κ3) is 3.30. The lowest BCUT2D eigenvalue weighted by Gasteiger charge is -2.22. The van der Waals surface area contributed by atoms with Crippen LogP contribution in [0.3, 0.4) is 0 Å². The number of imidazole rings is 1. The van der Waals surface area contributed by atoms with Crippen LogP contribution in [0.4, 0.5) is 4.39 Å². The smallest absolute Gasteiger partial charge is 0.249 e. The highest BCUT2D eigenvalue weighted by atomic mass is 19.1. The monoisotopic (exact) mass is 358 g/mol. The maximum atomic E-state index is 13.2. The van der Waals surface area contributed by atoms with Crippen LogP contribution in [0.5, 0.6) is 0 Å². The quantitative estimate of drug-likeness (QED) is 0.727. The molecule has 3 aromatic rings. The fourth-order valence-electron chi connectivity index (χ4n) is 3.26. The number of fused-ring (bicyclic) bond motifs is 1. The van der Waals surface area contributed by atoms with Crippen LogP contribution in [-0.2, 0) is 16.1 Å². The molecule has 1 aromatic carbocycles. The summed E-state index contributed by atoms with van der Waals surface area (Å²) in [4.78, 5) is 25.9. The van der Waals surface area contributed by atoms with Gasteiger partial charge in [0, 0.05) is 6.54 Å². The Hall–Kier alpha value is -2.81. The SMILES string of the molecule is Cc1nc([C@H]2CCCN2C(=O)COCc2nc3ccc(F)cc3[nH]2)n[nH]1. The van der Waals surface area contributed by atoms with Gasteiger partial charge in [-0.05, 0) is 38.0 Å². The number of nitrogens with zero attached hydrogens (tertiary/aromatic N) is 4. The first-order valence-electron chi connectivity index (χ1n) is 8.50. The molecule has 1 aliphatic rings. The number of hydrogen-bond acceptors (Lipinski definition) is 5. The van der Waals surface area contributed by atoms with E-state index < -0.39 is 0 Å². The summed E-state index contributed by atoms with van der Waals surface area (Å²) in [5.74, 6) is 1.51. The molecule has 1 amide bonds. The molecule has 2 N–H and O–H groups in total. The molecular weight excluding hydrogens is 339 g/mol. The Labute approximate surface area is 148 Å². The van der Waals surface area contributed by atoms with Gasteiger partial charge in [0.15, 0.2) is 5.82 Å². The van der Waals surface area contributed by atoms with Crippen LogP contribution >= 0.6 is 0 Å². The van der Waals surface area contributed by atoms with Crippen LogP contribution in [0.25, 0.3) is 11.0 Å². The van der Waals surface area contributed by atoms with Gasteiger partial charge in [0.25, 0.3) is 0 Å². The third-order valence-corrected chi connectivity index (χ3v) is 4.44. The summed E-state index contributed by atoms with van der Waals surface area (Å²) in [5.41, 5.74) is 1.27. The van der Waals surface area contributed by atoms with E-state index in [1.54, 1.807) is 11.0 Å². The summed E-state index contributed by atoms with van der Waals surface area (Å²) in [6.45, 7) is 2.61. The van der Waals surface area contributed by atoms with Crippen molar-refractivity contribution in [1.82, 2.24) is 30.0 Å². The van der Waals surface area contributed by atoms with Crippen molar-refractivity contribution in [2.75, 3.05) is 13.2 Å². The molecule has 1 atom stereocenters. The second kappa shape index (κ2) is 6.83. The minimum Gasteiger partial charge on any atom is -0.364 e. The van der Waals surface area contributed by atoms with Gasteiger partial charge in [-0.15, -0.1) is 0 Å². The van der Waals surface area contributed by atoms with E-state index in [-0.39, 0.29) is 31.0 Å². The topological polar surface area (TPSA) is 99.8 Å². The Kier molecular flexibility index (Phi) is 4.37. The molecule has 3 heterocycles. The Morgan fingerprint density at radius 1 is 1.42 bits per heavy atom. The number of carbonyl (C=O) groups excluding carboxylic acids is 1. The second-order valence-corrected chi connectivity index (χ2v) is 6.36. The molecular formula is C17H19FN6O2. The van der Waals surface area contributed by atoms with Crippen LogP contribution in [0.2, 0.25) is 0 Å². The zero-order chi connectivity index (χ0) is 18.1. The molecule has 4 rings (SSSR count). The average Bonchev–Trinajstić information content (AvgIpc) is 3.32. The van der Waals surface area contributed by atoms with Gasteiger partial charge in [0.2, 0.25) is 5.91 Å². The fourth-order valence-corrected chi connectivity index (χ4v) is 3.26. The number of amides is 1. The predicted molar refractivity (Wildman–Crippen MR) is 90.5 cm³/mol. The molecule has 0 bridgehead atoms. The minimum atomic E-state index is -0.328. The number of benzene rings is 1. The Morgan fingerprint density at radius 2 is 2.31 bits per heavy atom. The molecule has 1 aliphatic heterocycles. The van der Waals surface area contributed by atoms with Gasteiger partial charge in [0.1, 0.15) is 30.7 Å². The average molecular weight is 358 g/mol. The third-order valence-electron chi connectivity index (χ3n) is 4.44. The van der Waals surface area contributed by atoms with Crippen LogP contribution in [-0.4, -0.2) is 49.1 Å². The highest BCUT2D eigenvalue weighted by Crippen LogP contribution is 2.29. The van der Waals surface area contributed by atoms with Crippen molar-refractivity contribution in [2.24, 2.45) is 0 Å². The van der Waals surface area contributed by atoms with E-state index in [1.807, 2.05) is 6.92 Å². The number of aromatic nitrogens is 5. The number of rotatable bonds is 5. The van der Waals surface area contributed by atoms with Gasteiger partial charge < -0.3 is 14.6 Å². The zero-order valence-corrected chi connectivity index (χ0v) is 14.3. The van der Waals surface area contributed by atoms with Crippen molar-refractivity contribution in [2.45, 2.75) is 32.4 Å². The number of carbonyl (C=O) groups is 1. The van der Waals surface area contributed by atoms with Gasteiger partial charge in [-0.25, -0.2) is 14.4 Å². The number of hydrogen-bond donors (Lipinski definition) is 2. The van der Waals surface area contributed by atoms with E-state index >= 15 is 0 Å². The highest BCUT2D eigenvalue weighted by molar-refractivity contribution is 5.78. The van der Waals surface area contributed by atoms with Gasteiger partial charge in [0.05, 0.1) is 17.1 Å². The van der Waals surface area contributed by atoms with Crippen molar-refractivity contribution in [3.05, 3.63) is 41.5 Å². The fraction of sp³-hybridized carbons (Fsp3) is 0.412. The van der Waals surface area contributed by atoms with Gasteiger partial charge in [-0.3, -0.25) is 9.89 Å². The molecule has 9 heteroatoms. The first kappa shape index (κ1) is 16.6. The molecule has 0 saturated carbocycles. The van der Waals surface area contributed by atoms with Gasteiger partial charge in [-0.1, -0.05) is 0 Å². The normalized spacial score (nSPS) is 17.3. The van der Waals surface area contributed by atoms with Crippen LogP contribution in [0, 0.1) is 12.7 Å². The number of halogens is 1. The zero-order valence-electron chi connectivity index (χ0n) is 14.3. The van der Waals surface area contributed by atoms with E-state index in [0.29, 0.717) is 29.2 Å². The lowest BCUT2D eigenvalue weighted by molar-refractivity contribution is -0.137. The molecule has 0 aliphatic carbocycles. The van der Waals surface area contributed by atoms with Crippen LogP contribution in [0.1, 0.15) is 36.4 Å². The molecule has 26 heavy (non-hydrogen) atoms. The van der Waals surface area contributed by atoms with E-state index in [1.165, 1.54) is 12.1 Å². The predicted octanol–water partition coefficient (Wildman–Crippen LogP) is 2.01. The maximum Gasteiger partial charge on any atom is 0.249 e. The number of aromatic amines is 2. The van der Waals surface area contributed by atoms with Crippen LogP contribution < -0.4 is 0 Å². The number of aryl methyl sites for hydroxylation is 1. The lowest BCUT2D eigenvalue weighted by Crippen LogP contribution is -2.34. The van der Waals surface area contributed by atoms with E-state index in [9.17, 15) is 9.18 Å². The van der Waals surface area contributed by atoms with E-state index in [4.69, 9.17) is 4.74 Å². The number of H-pyrrole nitrogens is 2. The molecule has 1 fully saturated rings. The lowest BCUT2D eigenvalue weighted by atomic mass is 10.2. The van der Waals surface area contributed by atoms with E-state index in [2.05, 4.69) is 25.1 Å². The largest absolute Gasteiger partial charge is 0.364 e. The molecule has 0 radical (unpaired) electrons. The van der Waals surface area contributed by atoms with Crippen molar-refractivity contribution < 1.29 is 13.9 Å². The summed E-state index contributed by atoms with van der Waals surface area (Å²) in [7, 11) is 0. The molecule has 8 nitrogen and oxygen atoms in total. The molecule has 0 unspecified atom stereocenters. The summed E-state index contributed by atoms with van der Waals surface area (Å²) >= 11 is 0. The molecule has 1 saturated heterocycles. The molecule has 2 aromatic heterocycles. The number of ether oxygens (including phenoxy) is 1. The molecule has 0 spiro atoms. The van der Waals surface area contributed by atoms with Crippen molar-refractivity contribution >= 4 is 16.9 Å².